The molecule has 3 rings (SSSR count). The highest BCUT2D eigenvalue weighted by atomic mass is 32.2. The molecule has 0 bridgehead atoms. The zero-order valence-electron chi connectivity index (χ0n) is 16.6. The smallest absolute Gasteiger partial charge is 0.413 e. The minimum Gasteiger partial charge on any atom is -0.459 e. The Balaban J connectivity index is 1.70. The third-order valence-corrected chi connectivity index (χ3v) is 6.53. The Bertz CT molecular complexity index is 939. The molecule has 3 amide bonds. The van der Waals surface area contributed by atoms with Crippen molar-refractivity contribution < 1.29 is 33.6 Å². The van der Waals surface area contributed by atoms with Gasteiger partial charge in [0.25, 0.3) is 5.69 Å². The predicted molar refractivity (Wildman–Crippen MR) is 106 cm³/mol. The Hall–Kier alpha value is -3.19. The summed E-state index contributed by atoms with van der Waals surface area (Å²) in [6.45, 7) is 2.34. The molecule has 2 heterocycles. The molecule has 2 aliphatic heterocycles. The van der Waals surface area contributed by atoms with Crippen molar-refractivity contribution in [3.05, 3.63) is 39.9 Å². The first kappa shape index (κ1) is 22.5. The van der Waals surface area contributed by atoms with Gasteiger partial charge in [0.2, 0.25) is 11.8 Å². The zero-order chi connectivity index (χ0) is 22.9. The number of amides is 3. The summed E-state index contributed by atoms with van der Waals surface area (Å²) >= 11 is 1.21. The molecule has 4 atom stereocenters. The van der Waals surface area contributed by atoms with Gasteiger partial charge in [-0.25, -0.2) is 9.59 Å². The predicted octanol–water partition coefficient (Wildman–Crippen LogP) is 0.280. The summed E-state index contributed by atoms with van der Waals surface area (Å²) in [4.78, 5) is 59.3. The number of nitro groups is 1. The van der Waals surface area contributed by atoms with Crippen LogP contribution < -0.4 is 11.1 Å². The van der Waals surface area contributed by atoms with Crippen molar-refractivity contribution >= 4 is 41.3 Å². The van der Waals surface area contributed by atoms with E-state index in [9.17, 15) is 29.3 Å². The van der Waals surface area contributed by atoms with E-state index >= 15 is 0 Å². The van der Waals surface area contributed by atoms with Gasteiger partial charge in [0.15, 0.2) is 0 Å². The molecule has 0 spiro atoms. The van der Waals surface area contributed by atoms with Crippen LogP contribution in [0.25, 0.3) is 0 Å². The van der Waals surface area contributed by atoms with Gasteiger partial charge in [-0.1, -0.05) is 0 Å². The van der Waals surface area contributed by atoms with Crippen LogP contribution in [0.2, 0.25) is 0 Å². The molecule has 3 N–H and O–H groups in total. The van der Waals surface area contributed by atoms with E-state index < -0.39 is 51.0 Å². The monoisotopic (exact) mass is 452 g/mol. The van der Waals surface area contributed by atoms with E-state index in [0.717, 1.165) is 6.92 Å². The number of carbonyl (C=O) groups excluding carboxylic acids is 4. The molecule has 0 aromatic heterocycles. The SMILES string of the molecule is CC(=O)NC(=O)OCC1(C)SC2C(N)C(=O)N2C1C(=O)OCc1ccc([N+](=O)[O-])cc1. The van der Waals surface area contributed by atoms with Crippen LogP contribution in [0, 0.1) is 10.1 Å². The molecular weight excluding hydrogens is 432 g/mol. The fourth-order valence-corrected chi connectivity index (χ4v) is 4.98. The van der Waals surface area contributed by atoms with Gasteiger partial charge in [0.05, 0.1) is 9.67 Å². The molecule has 4 unspecified atom stereocenters. The third kappa shape index (κ3) is 4.46. The first-order chi connectivity index (χ1) is 14.5. The maximum absolute atomic E-state index is 12.9. The first-order valence-electron chi connectivity index (χ1n) is 9.13. The number of hydrogen-bond acceptors (Lipinski definition) is 10. The van der Waals surface area contributed by atoms with E-state index in [0.29, 0.717) is 5.56 Å². The maximum atomic E-state index is 12.9. The number of non-ortho nitro benzene ring substituents is 1. The van der Waals surface area contributed by atoms with Gasteiger partial charge >= 0.3 is 12.1 Å². The molecular formula is C18H20N4O8S. The zero-order valence-corrected chi connectivity index (χ0v) is 17.4. The van der Waals surface area contributed by atoms with Crippen LogP contribution in [-0.2, 0) is 30.5 Å². The van der Waals surface area contributed by atoms with Crippen LogP contribution in [0.5, 0.6) is 0 Å². The summed E-state index contributed by atoms with van der Waals surface area (Å²) in [5.41, 5.74) is 6.25. The van der Waals surface area contributed by atoms with E-state index in [1.54, 1.807) is 6.92 Å². The summed E-state index contributed by atoms with van der Waals surface area (Å²) in [6, 6.07) is 3.62. The van der Waals surface area contributed by atoms with Crippen LogP contribution >= 0.6 is 11.8 Å². The number of fused-ring (bicyclic) bond motifs is 1. The van der Waals surface area contributed by atoms with Crippen LogP contribution in [0.15, 0.2) is 24.3 Å². The molecule has 2 saturated heterocycles. The summed E-state index contributed by atoms with van der Waals surface area (Å²) in [7, 11) is 0. The van der Waals surface area contributed by atoms with Crippen LogP contribution in [0.3, 0.4) is 0 Å². The summed E-state index contributed by atoms with van der Waals surface area (Å²) in [5, 5.41) is 12.2. The number of hydrogen-bond donors (Lipinski definition) is 2. The number of rotatable bonds is 6. The van der Waals surface area contributed by atoms with E-state index in [2.05, 4.69) is 0 Å². The number of benzene rings is 1. The Morgan fingerprint density at radius 3 is 2.52 bits per heavy atom. The second-order valence-corrected chi connectivity index (χ2v) is 8.93. The highest BCUT2D eigenvalue weighted by molar-refractivity contribution is 8.01. The number of thioether (sulfide) groups is 1. The molecule has 12 nitrogen and oxygen atoms in total. The number of nitrogens with two attached hydrogens (primary N) is 1. The number of nitrogens with zero attached hydrogens (tertiary/aromatic N) is 2. The van der Waals surface area contributed by atoms with Crippen molar-refractivity contribution in [2.75, 3.05) is 6.61 Å². The number of nitrogens with one attached hydrogen (secondary N) is 1. The second-order valence-electron chi connectivity index (χ2n) is 7.28. The lowest BCUT2D eigenvalue weighted by molar-refractivity contribution is -0.384. The minimum atomic E-state index is -1.07. The van der Waals surface area contributed by atoms with Gasteiger partial charge in [-0.2, -0.15) is 0 Å². The Morgan fingerprint density at radius 1 is 1.29 bits per heavy atom. The fraction of sp³-hybridized carbons (Fsp3) is 0.444. The highest BCUT2D eigenvalue weighted by Crippen LogP contribution is 2.51. The van der Waals surface area contributed by atoms with Gasteiger partial charge in [0.1, 0.15) is 30.7 Å². The number of imide groups is 1. The van der Waals surface area contributed by atoms with Gasteiger partial charge in [-0.15, -0.1) is 11.8 Å². The van der Waals surface area contributed by atoms with Crippen LogP contribution in [-0.4, -0.2) is 62.5 Å². The highest BCUT2D eigenvalue weighted by Gasteiger charge is 2.65. The standard InChI is InChI=1S/C18H20N4O8S/c1-9(23)20-17(26)30-8-18(2)13(21-14(24)12(19)15(21)31-18)16(25)29-7-10-3-5-11(6-4-10)22(27)28/h3-6,12-13,15H,7-8,19H2,1-2H3,(H,20,23,26). The summed E-state index contributed by atoms with van der Waals surface area (Å²) in [6.07, 6.45) is -0.975. The Kier molecular flexibility index (Phi) is 6.18. The average Bonchev–Trinajstić information content (AvgIpc) is 3.00. The van der Waals surface area contributed by atoms with Crippen molar-refractivity contribution in [2.24, 2.45) is 5.73 Å². The largest absolute Gasteiger partial charge is 0.459 e. The lowest BCUT2D eigenvalue weighted by Crippen LogP contribution is -2.69. The molecule has 0 aliphatic carbocycles. The normalized spacial score (nSPS) is 26.5. The average molecular weight is 452 g/mol. The number of esters is 1. The van der Waals surface area contributed by atoms with E-state index in [1.807, 2.05) is 5.32 Å². The van der Waals surface area contributed by atoms with Crippen molar-refractivity contribution in [3.8, 4) is 0 Å². The van der Waals surface area contributed by atoms with Crippen molar-refractivity contribution in [3.63, 3.8) is 0 Å². The second kappa shape index (κ2) is 8.51. The van der Waals surface area contributed by atoms with Gasteiger partial charge in [-0.3, -0.25) is 25.0 Å². The van der Waals surface area contributed by atoms with E-state index in [4.69, 9.17) is 15.2 Å². The van der Waals surface area contributed by atoms with Crippen molar-refractivity contribution in [1.29, 1.82) is 0 Å². The first-order valence-corrected chi connectivity index (χ1v) is 10.0. The summed E-state index contributed by atoms with van der Waals surface area (Å²) in [5.74, 6) is -1.76. The molecule has 1 aromatic carbocycles. The Morgan fingerprint density at radius 2 is 1.94 bits per heavy atom. The quantitative estimate of drug-likeness (QED) is 0.264. The number of carbonyl (C=O) groups is 4. The van der Waals surface area contributed by atoms with Crippen molar-refractivity contribution in [1.82, 2.24) is 10.2 Å². The van der Waals surface area contributed by atoms with Crippen LogP contribution in [0.1, 0.15) is 19.4 Å². The lowest BCUT2D eigenvalue weighted by atomic mass is 9.95. The van der Waals surface area contributed by atoms with E-state index in [1.165, 1.54) is 40.9 Å². The number of nitro benzene ring substituents is 1. The molecule has 13 heteroatoms. The minimum absolute atomic E-state index is 0.0983. The molecule has 2 fully saturated rings. The fourth-order valence-electron chi connectivity index (χ4n) is 3.36. The van der Waals surface area contributed by atoms with Gasteiger partial charge in [-0.05, 0) is 24.6 Å². The molecule has 1 aromatic rings. The Labute approximate surface area is 180 Å². The number of alkyl carbamates (subject to hydrolysis) is 1. The molecule has 31 heavy (non-hydrogen) atoms. The topological polar surface area (TPSA) is 171 Å². The molecule has 166 valence electrons. The molecule has 0 saturated carbocycles. The molecule has 2 aliphatic rings. The van der Waals surface area contributed by atoms with Crippen LogP contribution in [0.4, 0.5) is 10.5 Å². The molecule has 0 radical (unpaired) electrons. The number of ether oxygens (including phenoxy) is 2. The van der Waals surface area contributed by atoms with Crippen molar-refractivity contribution in [2.45, 2.75) is 42.7 Å². The lowest BCUT2D eigenvalue weighted by Gasteiger charge is -2.42. The van der Waals surface area contributed by atoms with E-state index in [-0.39, 0.29) is 18.9 Å². The number of β-lactam (4-membered cyclic amide) rings is 1. The third-order valence-electron chi connectivity index (χ3n) is 4.89. The maximum Gasteiger partial charge on any atom is 0.413 e. The van der Waals surface area contributed by atoms with Gasteiger partial charge in [0, 0.05) is 19.1 Å². The van der Waals surface area contributed by atoms with Gasteiger partial charge < -0.3 is 20.1 Å². The summed E-state index contributed by atoms with van der Waals surface area (Å²) < 4.78 is 9.36.